The Balaban J connectivity index is 2.09. The summed E-state index contributed by atoms with van der Waals surface area (Å²) < 4.78 is 5.65. The monoisotopic (exact) mass is 275 g/mol. The van der Waals surface area contributed by atoms with Gasteiger partial charge in [0.2, 0.25) is 0 Å². The highest BCUT2D eigenvalue weighted by Crippen LogP contribution is 2.17. The van der Waals surface area contributed by atoms with Crippen LogP contribution in [-0.4, -0.2) is 17.5 Å². The Morgan fingerprint density at radius 1 is 1.16 bits per heavy atom. The fraction of sp³-hybridized carbons (Fsp3) is 0.133. The molecule has 0 atom stereocenters. The van der Waals surface area contributed by atoms with Gasteiger partial charge in [0, 0.05) is 10.6 Å². The van der Waals surface area contributed by atoms with Crippen molar-refractivity contribution in [1.29, 1.82) is 0 Å². The van der Waals surface area contributed by atoms with Gasteiger partial charge in [-0.3, -0.25) is 0 Å². The maximum atomic E-state index is 9.07. The van der Waals surface area contributed by atoms with E-state index >= 15 is 0 Å². The van der Waals surface area contributed by atoms with Crippen molar-refractivity contribution in [2.75, 3.05) is 6.61 Å². The molecular weight excluding hydrogens is 262 g/mol. The van der Waals surface area contributed by atoms with Gasteiger partial charge in [-0.2, -0.15) is 0 Å². The summed E-state index contributed by atoms with van der Waals surface area (Å²) in [5.74, 6) is 0.776. The van der Waals surface area contributed by atoms with Crippen molar-refractivity contribution in [2.45, 2.75) is 6.92 Å². The summed E-state index contributed by atoms with van der Waals surface area (Å²) in [6, 6.07) is 14.8. The topological polar surface area (TPSA) is 41.8 Å². The summed E-state index contributed by atoms with van der Waals surface area (Å²) in [5.41, 5.74) is 2.27. The van der Waals surface area contributed by atoms with Crippen molar-refractivity contribution >= 4 is 17.3 Å². The molecule has 1 N–H and O–H groups in total. The molecule has 0 saturated heterocycles. The highest BCUT2D eigenvalue weighted by atomic mass is 35.5. The molecule has 0 saturated carbocycles. The van der Waals surface area contributed by atoms with Crippen LogP contribution >= 0.6 is 11.6 Å². The fourth-order valence-corrected chi connectivity index (χ4v) is 1.80. The lowest BCUT2D eigenvalue weighted by molar-refractivity contribution is 0.308. The van der Waals surface area contributed by atoms with E-state index in [0.29, 0.717) is 10.7 Å². The van der Waals surface area contributed by atoms with E-state index in [2.05, 4.69) is 5.16 Å². The molecule has 4 heteroatoms. The minimum absolute atomic E-state index is 0.197. The molecule has 2 aromatic carbocycles. The van der Waals surface area contributed by atoms with Crippen molar-refractivity contribution in [3.63, 3.8) is 0 Å². The largest absolute Gasteiger partial charge is 0.487 e. The Bertz CT molecular complexity index is 579. The van der Waals surface area contributed by atoms with Crippen LogP contribution in [0.25, 0.3) is 0 Å². The van der Waals surface area contributed by atoms with Gasteiger partial charge in [0.15, 0.2) is 0 Å². The zero-order valence-corrected chi connectivity index (χ0v) is 11.3. The van der Waals surface area contributed by atoms with Crippen LogP contribution in [0, 0.1) is 6.92 Å². The molecule has 2 aromatic rings. The highest BCUT2D eigenvalue weighted by molar-refractivity contribution is 6.30. The molecule has 98 valence electrons. The summed E-state index contributed by atoms with van der Waals surface area (Å²) in [6.07, 6.45) is 0. The Hall–Kier alpha value is -2.00. The van der Waals surface area contributed by atoms with E-state index in [0.717, 1.165) is 16.9 Å². The molecule has 0 aliphatic heterocycles. The smallest absolute Gasteiger partial charge is 0.134 e. The molecule has 0 radical (unpaired) electrons. The van der Waals surface area contributed by atoms with E-state index in [4.69, 9.17) is 21.5 Å². The van der Waals surface area contributed by atoms with Crippen LogP contribution in [0.15, 0.2) is 53.7 Å². The van der Waals surface area contributed by atoms with Gasteiger partial charge in [-0.05, 0) is 30.7 Å². The quantitative estimate of drug-likeness (QED) is 0.522. The molecule has 0 unspecified atom stereocenters. The predicted octanol–water partition coefficient (Wildman–Crippen LogP) is 3.91. The normalized spacial score (nSPS) is 11.4. The van der Waals surface area contributed by atoms with Crippen LogP contribution in [0.2, 0.25) is 5.02 Å². The number of ether oxygens (including phenoxy) is 1. The molecule has 0 fully saturated rings. The van der Waals surface area contributed by atoms with Crippen molar-refractivity contribution < 1.29 is 9.94 Å². The first-order valence-electron chi connectivity index (χ1n) is 5.86. The lowest BCUT2D eigenvalue weighted by Gasteiger charge is -2.10. The van der Waals surface area contributed by atoms with Crippen molar-refractivity contribution in [2.24, 2.45) is 5.16 Å². The minimum Gasteiger partial charge on any atom is -0.487 e. The first-order valence-corrected chi connectivity index (χ1v) is 6.24. The molecule has 0 heterocycles. The Morgan fingerprint density at radius 2 is 1.84 bits per heavy atom. The van der Waals surface area contributed by atoms with Gasteiger partial charge >= 0.3 is 0 Å². The molecule has 0 aliphatic carbocycles. The van der Waals surface area contributed by atoms with Gasteiger partial charge in [-0.1, -0.05) is 47.1 Å². The number of oxime groups is 1. The Kier molecular flexibility index (Phi) is 4.42. The third-order valence-corrected chi connectivity index (χ3v) is 3.01. The zero-order valence-electron chi connectivity index (χ0n) is 10.5. The van der Waals surface area contributed by atoms with E-state index < -0.39 is 0 Å². The lowest BCUT2D eigenvalue weighted by atomic mass is 10.1. The SMILES string of the molecule is Cc1ccccc1OC/C(=N\O)c1ccc(Cl)cc1. The van der Waals surface area contributed by atoms with E-state index in [1.165, 1.54) is 0 Å². The van der Waals surface area contributed by atoms with Gasteiger partial charge < -0.3 is 9.94 Å². The maximum absolute atomic E-state index is 9.07. The van der Waals surface area contributed by atoms with Crippen LogP contribution in [0.5, 0.6) is 5.75 Å². The molecule has 0 amide bonds. The zero-order chi connectivity index (χ0) is 13.7. The van der Waals surface area contributed by atoms with Crippen LogP contribution in [0.4, 0.5) is 0 Å². The molecule has 0 aliphatic rings. The van der Waals surface area contributed by atoms with Crippen LogP contribution in [0.3, 0.4) is 0 Å². The van der Waals surface area contributed by atoms with E-state index in [1.54, 1.807) is 24.3 Å². The molecule has 19 heavy (non-hydrogen) atoms. The third kappa shape index (κ3) is 3.48. The summed E-state index contributed by atoms with van der Waals surface area (Å²) >= 11 is 5.82. The summed E-state index contributed by atoms with van der Waals surface area (Å²) in [4.78, 5) is 0. The number of hydrogen-bond acceptors (Lipinski definition) is 3. The first-order chi connectivity index (χ1) is 9.20. The summed E-state index contributed by atoms with van der Waals surface area (Å²) in [7, 11) is 0. The summed E-state index contributed by atoms with van der Waals surface area (Å²) in [6.45, 7) is 2.16. The molecule has 0 aromatic heterocycles. The molecule has 0 spiro atoms. The number of para-hydroxylation sites is 1. The van der Waals surface area contributed by atoms with Gasteiger partial charge in [0.1, 0.15) is 18.1 Å². The second-order valence-corrected chi connectivity index (χ2v) is 4.54. The average Bonchev–Trinajstić information content (AvgIpc) is 2.43. The second-order valence-electron chi connectivity index (χ2n) is 4.11. The summed E-state index contributed by atoms with van der Waals surface area (Å²) in [5, 5.41) is 13.0. The Labute approximate surface area is 117 Å². The fourth-order valence-electron chi connectivity index (χ4n) is 1.68. The number of nitrogens with zero attached hydrogens (tertiary/aromatic N) is 1. The number of rotatable bonds is 4. The highest BCUT2D eigenvalue weighted by Gasteiger charge is 2.06. The third-order valence-electron chi connectivity index (χ3n) is 2.76. The Morgan fingerprint density at radius 3 is 2.47 bits per heavy atom. The van der Waals surface area contributed by atoms with Crippen LogP contribution in [0.1, 0.15) is 11.1 Å². The standard InChI is InChI=1S/C15H14ClNO2/c1-11-4-2-3-5-15(11)19-10-14(17-18)12-6-8-13(16)9-7-12/h2-9,18H,10H2,1H3/b17-14+. The minimum atomic E-state index is 0.197. The average molecular weight is 276 g/mol. The maximum Gasteiger partial charge on any atom is 0.134 e. The van der Waals surface area contributed by atoms with E-state index in [9.17, 15) is 0 Å². The van der Waals surface area contributed by atoms with Gasteiger partial charge in [0.25, 0.3) is 0 Å². The number of halogens is 1. The van der Waals surface area contributed by atoms with Crippen molar-refractivity contribution in [3.8, 4) is 5.75 Å². The van der Waals surface area contributed by atoms with Gasteiger partial charge in [-0.25, -0.2) is 0 Å². The molecule has 0 bridgehead atoms. The second kappa shape index (κ2) is 6.25. The number of hydrogen-bond donors (Lipinski definition) is 1. The lowest BCUT2D eigenvalue weighted by Crippen LogP contribution is -2.13. The number of benzene rings is 2. The van der Waals surface area contributed by atoms with E-state index in [-0.39, 0.29) is 6.61 Å². The van der Waals surface area contributed by atoms with Crippen LogP contribution in [-0.2, 0) is 0 Å². The van der Waals surface area contributed by atoms with Gasteiger partial charge in [-0.15, -0.1) is 0 Å². The predicted molar refractivity (Wildman–Crippen MR) is 76.4 cm³/mol. The molecule has 3 nitrogen and oxygen atoms in total. The number of aryl methyl sites for hydroxylation is 1. The molecular formula is C15H14ClNO2. The van der Waals surface area contributed by atoms with Crippen LogP contribution < -0.4 is 4.74 Å². The van der Waals surface area contributed by atoms with Crippen molar-refractivity contribution in [3.05, 3.63) is 64.7 Å². The van der Waals surface area contributed by atoms with E-state index in [1.807, 2.05) is 31.2 Å². The van der Waals surface area contributed by atoms with Gasteiger partial charge in [0.05, 0.1) is 0 Å². The van der Waals surface area contributed by atoms with Crippen molar-refractivity contribution in [1.82, 2.24) is 0 Å². The first kappa shape index (κ1) is 13.4. The molecule has 2 rings (SSSR count).